The summed E-state index contributed by atoms with van der Waals surface area (Å²) >= 11 is 0. The highest BCUT2D eigenvalue weighted by atomic mass is 16.5. The Kier molecular flexibility index (Phi) is 5.07. The molecule has 1 aliphatic rings. The SMILES string of the molecule is C=C(C)c1ccc2c(c1)c(CN(C)C(C)C)nn2C1CCCCO1. The van der Waals surface area contributed by atoms with Crippen LogP contribution in [0.1, 0.15) is 57.5 Å². The number of hydrogen-bond acceptors (Lipinski definition) is 3. The Labute approximate surface area is 145 Å². The molecule has 4 heteroatoms. The van der Waals surface area contributed by atoms with Crippen LogP contribution in [0.15, 0.2) is 24.8 Å². The second-order valence-corrected chi connectivity index (χ2v) is 7.23. The summed E-state index contributed by atoms with van der Waals surface area (Å²) in [4.78, 5) is 2.32. The smallest absolute Gasteiger partial charge is 0.150 e. The summed E-state index contributed by atoms with van der Waals surface area (Å²) in [5, 5.41) is 6.18. The highest BCUT2D eigenvalue weighted by molar-refractivity contribution is 5.85. The Hall–Kier alpha value is -1.65. The van der Waals surface area contributed by atoms with Crippen LogP contribution in [0.2, 0.25) is 0 Å². The lowest BCUT2D eigenvalue weighted by Crippen LogP contribution is -2.26. The molecule has 0 aliphatic carbocycles. The van der Waals surface area contributed by atoms with Gasteiger partial charge in [0.2, 0.25) is 0 Å². The van der Waals surface area contributed by atoms with Crippen LogP contribution in [0.25, 0.3) is 16.5 Å². The van der Waals surface area contributed by atoms with Gasteiger partial charge >= 0.3 is 0 Å². The molecule has 4 nitrogen and oxygen atoms in total. The number of allylic oxidation sites excluding steroid dienone is 1. The summed E-state index contributed by atoms with van der Waals surface area (Å²) in [5.74, 6) is 0. The number of ether oxygens (including phenoxy) is 1. The first kappa shape index (κ1) is 17.2. The predicted molar refractivity (Wildman–Crippen MR) is 99.9 cm³/mol. The molecule has 1 unspecified atom stereocenters. The van der Waals surface area contributed by atoms with Gasteiger partial charge in [0.15, 0.2) is 6.23 Å². The van der Waals surface area contributed by atoms with E-state index >= 15 is 0 Å². The molecule has 130 valence electrons. The normalized spacial score (nSPS) is 18.7. The van der Waals surface area contributed by atoms with Crippen molar-refractivity contribution in [1.29, 1.82) is 0 Å². The van der Waals surface area contributed by atoms with Crippen molar-refractivity contribution in [3.05, 3.63) is 36.0 Å². The summed E-state index contributed by atoms with van der Waals surface area (Å²) in [7, 11) is 2.15. The lowest BCUT2D eigenvalue weighted by atomic mass is 10.1. The van der Waals surface area contributed by atoms with Gasteiger partial charge in [0.05, 0.1) is 11.2 Å². The van der Waals surface area contributed by atoms with Gasteiger partial charge in [0, 0.05) is 24.6 Å². The second kappa shape index (κ2) is 7.08. The molecule has 1 aliphatic heterocycles. The van der Waals surface area contributed by atoms with Gasteiger partial charge in [-0.15, -0.1) is 0 Å². The average Bonchev–Trinajstić information content (AvgIpc) is 2.93. The van der Waals surface area contributed by atoms with Crippen molar-refractivity contribution in [2.75, 3.05) is 13.7 Å². The predicted octanol–water partition coefficient (Wildman–Crippen LogP) is 4.61. The first-order valence-corrected chi connectivity index (χ1v) is 8.96. The summed E-state index contributed by atoms with van der Waals surface area (Å²) < 4.78 is 8.08. The van der Waals surface area contributed by atoms with Gasteiger partial charge in [-0.3, -0.25) is 4.90 Å². The minimum Gasteiger partial charge on any atom is -0.356 e. The van der Waals surface area contributed by atoms with E-state index < -0.39 is 0 Å². The van der Waals surface area contributed by atoms with Crippen LogP contribution in [0.3, 0.4) is 0 Å². The Morgan fingerprint density at radius 2 is 2.21 bits per heavy atom. The summed E-state index contributed by atoms with van der Waals surface area (Å²) in [5.41, 5.74) is 4.55. The van der Waals surface area contributed by atoms with Crippen LogP contribution in [-0.2, 0) is 11.3 Å². The van der Waals surface area contributed by atoms with E-state index in [2.05, 4.69) is 62.2 Å². The van der Waals surface area contributed by atoms with Crippen molar-refractivity contribution >= 4 is 16.5 Å². The molecular weight excluding hydrogens is 298 g/mol. The minimum absolute atomic E-state index is 0.0648. The van der Waals surface area contributed by atoms with Crippen molar-refractivity contribution < 1.29 is 4.74 Å². The number of nitrogens with zero attached hydrogens (tertiary/aromatic N) is 3. The van der Waals surface area contributed by atoms with Crippen molar-refractivity contribution in [3.8, 4) is 0 Å². The van der Waals surface area contributed by atoms with E-state index in [1.165, 1.54) is 22.9 Å². The molecule has 0 spiro atoms. The quantitative estimate of drug-likeness (QED) is 0.803. The molecule has 1 saturated heterocycles. The van der Waals surface area contributed by atoms with Crippen LogP contribution >= 0.6 is 0 Å². The molecule has 0 N–H and O–H groups in total. The number of fused-ring (bicyclic) bond motifs is 1. The summed E-state index contributed by atoms with van der Waals surface area (Å²) in [6.07, 6.45) is 3.46. The number of rotatable bonds is 5. The van der Waals surface area contributed by atoms with Crippen LogP contribution in [-0.4, -0.2) is 34.4 Å². The van der Waals surface area contributed by atoms with Crippen LogP contribution in [0.5, 0.6) is 0 Å². The zero-order valence-electron chi connectivity index (χ0n) is 15.4. The third-order valence-electron chi connectivity index (χ3n) is 4.98. The van der Waals surface area contributed by atoms with Crippen molar-refractivity contribution in [3.63, 3.8) is 0 Å². The van der Waals surface area contributed by atoms with Gasteiger partial charge in [-0.1, -0.05) is 18.2 Å². The molecule has 2 heterocycles. The third-order valence-corrected chi connectivity index (χ3v) is 4.98. The topological polar surface area (TPSA) is 30.3 Å². The van der Waals surface area contributed by atoms with Gasteiger partial charge in [0.25, 0.3) is 0 Å². The molecule has 0 amide bonds. The van der Waals surface area contributed by atoms with Crippen LogP contribution in [0.4, 0.5) is 0 Å². The molecular formula is C20H29N3O. The lowest BCUT2D eigenvalue weighted by Gasteiger charge is -2.23. The average molecular weight is 327 g/mol. The fourth-order valence-corrected chi connectivity index (χ4v) is 3.14. The number of hydrogen-bond donors (Lipinski definition) is 0. The number of aromatic nitrogens is 2. The largest absolute Gasteiger partial charge is 0.356 e. The van der Waals surface area contributed by atoms with Crippen molar-refractivity contribution in [2.24, 2.45) is 0 Å². The zero-order chi connectivity index (χ0) is 17.3. The van der Waals surface area contributed by atoms with Gasteiger partial charge in [0.1, 0.15) is 0 Å². The van der Waals surface area contributed by atoms with E-state index in [4.69, 9.17) is 9.84 Å². The lowest BCUT2D eigenvalue weighted by molar-refractivity contribution is -0.0370. The molecule has 0 saturated carbocycles. The van der Waals surface area contributed by atoms with Gasteiger partial charge < -0.3 is 4.74 Å². The maximum absolute atomic E-state index is 5.98. The van der Waals surface area contributed by atoms with E-state index in [1.807, 2.05) is 0 Å². The second-order valence-electron chi connectivity index (χ2n) is 7.23. The van der Waals surface area contributed by atoms with E-state index in [0.717, 1.165) is 37.3 Å². The maximum Gasteiger partial charge on any atom is 0.150 e. The van der Waals surface area contributed by atoms with E-state index in [1.54, 1.807) is 0 Å². The van der Waals surface area contributed by atoms with E-state index in [0.29, 0.717) is 6.04 Å². The maximum atomic E-state index is 5.98. The van der Waals surface area contributed by atoms with Crippen LogP contribution in [0, 0.1) is 0 Å². The molecule has 1 fully saturated rings. The summed E-state index contributed by atoms with van der Waals surface area (Å²) in [6.45, 7) is 12.2. The van der Waals surface area contributed by atoms with Gasteiger partial charge in [-0.25, -0.2) is 4.68 Å². The first-order chi connectivity index (χ1) is 11.5. The van der Waals surface area contributed by atoms with Crippen LogP contribution < -0.4 is 0 Å². The molecule has 3 rings (SSSR count). The fraction of sp³-hybridized carbons (Fsp3) is 0.550. The Bertz CT molecular complexity index is 726. The summed E-state index contributed by atoms with van der Waals surface area (Å²) in [6, 6.07) is 7.03. The standard InChI is InChI=1S/C20H29N3O/c1-14(2)16-9-10-19-17(12-16)18(13-22(5)15(3)4)21-23(19)20-8-6-7-11-24-20/h9-10,12,15,20H,1,6-8,11,13H2,2-5H3. The molecule has 0 bridgehead atoms. The Morgan fingerprint density at radius 3 is 2.83 bits per heavy atom. The third kappa shape index (κ3) is 3.40. The fourth-order valence-electron chi connectivity index (χ4n) is 3.14. The molecule has 1 aromatic heterocycles. The minimum atomic E-state index is 0.0648. The Morgan fingerprint density at radius 1 is 1.42 bits per heavy atom. The van der Waals surface area contributed by atoms with E-state index in [-0.39, 0.29) is 6.23 Å². The monoisotopic (exact) mass is 327 g/mol. The molecule has 1 atom stereocenters. The number of benzene rings is 1. The highest BCUT2D eigenvalue weighted by Crippen LogP contribution is 2.30. The first-order valence-electron chi connectivity index (χ1n) is 8.96. The van der Waals surface area contributed by atoms with Crippen molar-refractivity contribution in [2.45, 2.75) is 58.8 Å². The van der Waals surface area contributed by atoms with Crippen molar-refractivity contribution in [1.82, 2.24) is 14.7 Å². The molecule has 1 aromatic carbocycles. The van der Waals surface area contributed by atoms with Gasteiger partial charge in [-0.05, 0) is 64.8 Å². The van der Waals surface area contributed by atoms with Gasteiger partial charge in [-0.2, -0.15) is 5.10 Å². The zero-order valence-corrected chi connectivity index (χ0v) is 15.4. The van der Waals surface area contributed by atoms with E-state index in [9.17, 15) is 0 Å². The molecule has 2 aromatic rings. The molecule has 24 heavy (non-hydrogen) atoms. The Balaban J connectivity index is 2.06. The molecule has 0 radical (unpaired) electrons. The highest BCUT2D eigenvalue weighted by Gasteiger charge is 2.22.